The number of para-hydroxylation sites is 2. The van der Waals surface area contributed by atoms with Crippen LogP contribution in [0.2, 0.25) is 0 Å². The smallest absolute Gasteiger partial charge is 0.450 e. The number of benzene rings is 4. The van der Waals surface area contributed by atoms with E-state index in [9.17, 15) is 22.8 Å². The highest BCUT2D eigenvalue weighted by atomic mass is 19.4. The molecule has 0 aliphatic heterocycles. The number of amides is 1. The molecule has 5 rings (SSSR count). The molecule has 9 heteroatoms. The Balaban J connectivity index is 1.50. The van der Waals surface area contributed by atoms with Gasteiger partial charge in [-0.15, -0.1) is 0 Å². The highest BCUT2D eigenvalue weighted by Crippen LogP contribution is 2.39. The second-order valence-electron chi connectivity index (χ2n) is 8.35. The van der Waals surface area contributed by atoms with Gasteiger partial charge >= 0.3 is 6.18 Å². The van der Waals surface area contributed by atoms with Crippen LogP contribution in [0.25, 0.3) is 32.9 Å². The SMILES string of the molecule is COc1ccccc1NC(=O)COc1ccc2c(=O)c(-c3cccc4ccccc34)c(C(F)(F)F)oc2c1. The van der Waals surface area contributed by atoms with Gasteiger partial charge in [0.15, 0.2) is 6.61 Å². The summed E-state index contributed by atoms with van der Waals surface area (Å²) in [5, 5.41) is 3.77. The molecule has 1 amide bonds. The molecule has 0 saturated carbocycles. The highest BCUT2D eigenvalue weighted by molar-refractivity contribution is 5.99. The van der Waals surface area contributed by atoms with Crippen LogP contribution < -0.4 is 20.2 Å². The molecule has 1 heterocycles. The van der Waals surface area contributed by atoms with Crippen molar-refractivity contribution in [3.63, 3.8) is 0 Å². The van der Waals surface area contributed by atoms with Crippen LogP contribution >= 0.6 is 0 Å². The second-order valence-corrected chi connectivity index (χ2v) is 8.35. The molecule has 0 fully saturated rings. The summed E-state index contributed by atoms with van der Waals surface area (Å²) >= 11 is 0. The van der Waals surface area contributed by atoms with Gasteiger partial charge < -0.3 is 19.2 Å². The molecule has 0 unspecified atom stereocenters. The van der Waals surface area contributed by atoms with Crippen molar-refractivity contribution in [3.8, 4) is 22.6 Å². The fourth-order valence-corrected chi connectivity index (χ4v) is 4.23. The topological polar surface area (TPSA) is 77.8 Å². The van der Waals surface area contributed by atoms with Crippen LogP contribution in [0, 0.1) is 0 Å². The van der Waals surface area contributed by atoms with Gasteiger partial charge in [-0.25, -0.2) is 0 Å². The van der Waals surface area contributed by atoms with Crippen molar-refractivity contribution in [2.45, 2.75) is 6.18 Å². The fraction of sp³-hybridized carbons (Fsp3) is 0.103. The van der Waals surface area contributed by atoms with E-state index in [1.807, 2.05) is 0 Å². The van der Waals surface area contributed by atoms with Gasteiger partial charge in [-0.3, -0.25) is 9.59 Å². The third-order valence-corrected chi connectivity index (χ3v) is 5.93. The number of halogens is 3. The van der Waals surface area contributed by atoms with Crippen LogP contribution in [0.15, 0.2) is 94.1 Å². The Kier molecular flexibility index (Phi) is 6.50. The van der Waals surface area contributed by atoms with Crippen molar-refractivity contribution in [1.29, 1.82) is 0 Å². The zero-order valence-corrected chi connectivity index (χ0v) is 20.0. The molecule has 4 aromatic carbocycles. The van der Waals surface area contributed by atoms with Gasteiger partial charge in [0.25, 0.3) is 5.91 Å². The van der Waals surface area contributed by atoms with E-state index in [-0.39, 0.29) is 22.3 Å². The van der Waals surface area contributed by atoms with Gasteiger partial charge in [0, 0.05) is 6.07 Å². The zero-order chi connectivity index (χ0) is 26.9. The Labute approximate surface area is 214 Å². The number of methoxy groups -OCH3 is 1. The number of hydrogen-bond acceptors (Lipinski definition) is 5. The van der Waals surface area contributed by atoms with Crippen molar-refractivity contribution < 1.29 is 31.9 Å². The van der Waals surface area contributed by atoms with Gasteiger partial charge in [0.2, 0.25) is 11.2 Å². The first-order valence-electron chi connectivity index (χ1n) is 11.5. The van der Waals surface area contributed by atoms with Crippen LogP contribution in [0.5, 0.6) is 11.5 Å². The normalized spacial score (nSPS) is 11.5. The molecule has 38 heavy (non-hydrogen) atoms. The van der Waals surface area contributed by atoms with Gasteiger partial charge in [-0.1, -0.05) is 54.6 Å². The summed E-state index contributed by atoms with van der Waals surface area (Å²) < 4.78 is 58.4. The molecular weight excluding hydrogens is 499 g/mol. The summed E-state index contributed by atoms with van der Waals surface area (Å²) in [6.07, 6.45) is -4.94. The summed E-state index contributed by atoms with van der Waals surface area (Å²) in [6.45, 7) is -0.437. The van der Waals surface area contributed by atoms with Gasteiger partial charge in [0.05, 0.1) is 23.7 Å². The maximum Gasteiger partial charge on any atom is 0.450 e. The Morgan fingerprint density at radius 2 is 1.66 bits per heavy atom. The molecule has 1 N–H and O–H groups in total. The number of carbonyl (C=O) groups is 1. The summed E-state index contributed by atoms with van der Waals surface area (Å²) in [5.74, 6) is -1.41. The third kappa shape index (κ3) is 4.78. The standard InChI is InChI=1S/C29H20F3NO5/c1-36-23-12-5-4-11-22(23)33-25(34)16-37-18-13-14-21-24(15-18)38-28(29(30,31)32)26(27(21)35)20-10-6-8-17-7-2-3-9-19(17)20/h2-15H,16H2,1H3,(H,33,34). The average Bonchev–Trinajstić information content (AvgIpc) is 2.91. The summed E-state index contributed by atoms with van der Waals surface area (Å²) in [5.41, 5.74) is -1.14. The molecule has 0 bridgehead atoms. The Hall–Kier alpha value is -4.79. The third-order valence-electron chi connectivity index (χ3n) is 5.93. The minimum atomic E-state index is -4.94. The molecule has 0 atom stereocenters. The number of ether oxygens (including phenoxy) is 2. The minimum absolute atomic E-state index is 0.0493. The van der Waals surface area contributed by atoms with E-state index >= 15 is 0 Å². The first-order valence-corrected chi connectivity index (χ1v) is 11.5. The highest BCUT2D eigenvalue weighted by Gasteiger charge is 2.39. The Morgan fingerprint density at radius 3 is 2.45 bits per heavy atom. The number of rotatable bonds is 6. The first-order chi connectivity index (χ1) is 18.3. The monoisotopic (exact) mass is 519 g/mol. The number of alkyl halides is 3. The van der Waals surface area contributed by atoms with E-state index in [0.717, 1.165) is 6.07 Å². The van der Waals surface area contributed by atoms with E-state index in [1.54, 1.807) is 60.7 Å². The van der Waals surface area contributed by atoms with Crippen LogP contribution in [-0.2, 0) is 11.0 Å². The van der Waals surface area contributed by atoms with Crippen LogP contribution in [0.4, 0.5) is 18.9 Å². The maximum atomic E-state index is 14.1. The van der Waals surface area contributed by atoms with Crippen molar-refractivity contribution in [3.05, 3.63) is 101 Å². The summed E-state index contributed by atoms with van der Waals surface area (Å²) in [6, 6.07) is 22.3. The lowest BCUT2D eigenvalue weighted by Crippen LogP contribution is -2.20. The lowest BCUT2D eigenvalue weighted by Gasteiger charge is -2.15. The molecule has 5 aromatic rings. The van der Waals surface area contributed by atoms with Crippen molar-refractivity contribution in [2.24, 2.45) is 0 Å². The predicted octanol–water partition coefficient (Wildman–Crippen LogP) is 6.66. The molecule has 6 nitrogen and oxygen atoms in total. The molecule has 1 aromatic heterocycles. The number of carbonyl (C=O) groups excluding carboxylic acids is 1. The lowest BCUT2D eigenvalue weighted by atomic mass is 9.96. The second kappa shape index (κ2) is 9.93. The van der Waals surface area contributed by atoms with E-state index in [4.69, 9.17) is 13.9 Å². The van der Waals surface area contributed by atoms with Crippen LogP contribution in [0.1, 0.15) is 5.76 Å². The van der Waals surface area contributed by atoms with Gasteiger partial charge in [-0.2, -0.15) is 13.2 Å². The molecule has 0 aliphatic rings. The zero-order valence-electron chi connectivity index (χ0n) is 20.0. The molecule has 192 valence electrons. The Morgan fingerprint density at radius 1 is 0.921 bits per heavy atom. The molecule has 0 spiro atoms. The predicted molar refractivity (Wildman–Crippen MR) is 138 cm³/mol. The first kappa shape index (κ1) is 24.9. The number of fused-ring (bicyclic) bond motifs is 2. The molecule has 0 aliphatic carbocycles. The fourth-order valence-electron chi connectivity index (χ4n) is 4.23. The van der Waals surface area contributed by atoms with Crippen molar-refractivity contribution in [2.75, 3.05) is 19.0 Å². The van der Waals surface area contributed by atoms with Crippen LogP contribution in [0.3, 0.4) is 0 Å². The largest absolute Gasteiger partial charge is 0.495 e. The summed E-state index contributed by atoms with van der Waals surface area (Å²) in [4.78, 5) is 25.8. The van der Waals surface area contributed by atoms with Gasteiger partial charge in [0.1, 0.15) is 17.1 Å². The van der Waals surface area contributed by atoms with Gasteiger partial charge in [-0.05, 0) is 40.6 Å². The van der Waals surface area contributed by atoms with Crippen LogP contribution in [-0.4, -0.2) is 19.6 Å². The number of hydrogen-bond donors (Lipinski definition) is 1. The summed E-state index contributed by atoms with van der Waals surface area (Å²) in [7, 11) is 1.46. The molecule has 0 radical (unpaired) electrons. The molecule has 0 saturated heterocycles. The average molecular weight is 519 g/mol. The van der Waals surface area contributed by atoms with E-state index in [1.165, 1.54) is 25.3 Å². The Bertz CT molecular complexity index is 1720. The minimum Gasteiger partial charge on any atom is -0.495 e. The van der Waals surface area contributed by atoms with E-state index in [0.29, 0.717) is 22.2 Å². The van der Waals surface area contributed by atoms with Crippen molar-refractivity contribution in [1.82, 2.24) is 0 Å². The molecular formula is C29H20F3NO5. The number of nitrogens with one attached hydrogen (secondary N) is 1. The number of anilines is 1. The maximum absolute atomic E-state index is 14.1. The van der Waals surface area contributed by atoms with E-state index in [2.05, 4.69) is 5.32 Å². The van der Waals surface area contributed by atoms with Crippen molar-refractivity contribution >= 4 is 33.3 Å². The van der Waals surface area contributed by atoms with E-state index < -0.39 is 35.4 Å². The quantitative estimate of drug-likeness (QED) is 0.272. The lowest BCUT2D eigenvalue weighted by molar-refractivity contribution is -0.152.